The fraction of sp³-hybridized carbons (Fsp3) is 0.588. The summed E-state index contributed by atoms with van der Waals surface area (Å²) in [5.41, 5.74) is 0.456. The van der Waals surface area contributed by atoms with E-state index in [0.717, 1.165) is 0 Å². The van der Waals surface area contributed by atoms with Crippen LogP contribution in [0.5, 0.6) is 0 Å². The number of benzene rings is 1. The summed E-state index contributed by atoms with van der Waals surface area (Å²) in [4.78, 5) is 12.1. The second-order valence-electron chi connectivity index (χ2n) is 6.30. The maximum Gasteiger partial charge on any atom is 0.338 e. The molecule has 2 aliphatic rings. The lowest BCUT2D eigenvalue weighted by molar-refractivity contribution is -0.274. The van der Waals surface area contributed by atoms with E-state index in [1.54, 1.807) is 38.1 Å². The Hall–Kier alpha value is -1.51. The predicted molar refractivity (Wildman–Crippen MR) is 82.2 cm³/mol. The summed E-state index contributed by atoms with van der Waals surface area (Å²) in [6, 6.07) is 8.69. The van der Waals surface area contributed by atoms with Gasteiger partial charge in [0.15, 0.2) is 12.1 Å². The van der Waals surface area contributed by atoms with E-state index >= 15 is 0 Å². The number of aliphatic hydroxyl groups excluding tert-OH is 1. The monoisotopic (exact) mass is 338 g/mol. The van der Waals surface area contributed by atoms with Gasteiger partial charge in [-0.1, -0.05) is 18.2 Å². The molecule has 1 aromatic carbocycles. The van der Waals surface area contributed by atoms with Gasteiger partial charge < -0.3 is 28.8 Å². The number of methoxy groups -OCH3 is 1. The van der Waals surface area contributed by atoms with Crippen molar-refractivity contribution in [2.45, 2.75) is 50.3 Å². The first-order valence-corrected chi connectivity index (χ1v) is 7.85. The SMILES string of the molecule is CO[C@H]1O[C@H](COC(=O)c2ccccc2)[C@H]2OC(C)(C)O[C@H]2[C@H]1O. The highest BCUT2D eigenvalue weighted by Gasteiger charge is 2.55. The average Bonchev–Trinajstić information content (AvgIpc) is 2.91. The van der Waals surface area contributed by atoms with Crippen LogP contribution in [0, 0.1) is 0 Å². The van der Waals surface area contributed by atoms with E-state index in [4.69, 9.17) is 23.7 Å². The minimum Gasteiger partial charge on any atom is -0.459 e. The van der Waals surface area contributed by atoms with Crippen LogP contribution in [-0.4, -0.2) is 61.3 Å². The summed E-state index contributed by atoms with van der Waals surface area (Å²) in [5, 5.41) is 10.3. The van der Waals surface area contributed by atoms with Crippen LogP contribution in [0.25, 0.3) is 0 Å². The molecule has 2 heterocycles. The number of hydrogen-bond donors (Lipinski definition) is 1. The maximum atomic E-state index is 12.1. The molecule has 0 unspecified atom stereocenters. The van der Waals surface area contributed by atoms with Crippen LogP contribution in [0.2, 0.25) is 0 Å². The molecule has 0 saturated carbocycles. The zero-order valence-corrected chi connectivity index (χ0v) is 13.9. The number of rotatable bonds is 4. The highest BCUT2D eigenvalue weighted by atomic mass is 16.8. The van der Waals surface area contributed by atoms with Crippen molar-refractivity contribution in [3.8, 4) is 0 Å². The van der Waals surface area contributed by atoms with Gasteiger partial charge in [0.25, 0.3) is 0 Å². The number of carbonyl (C=O) groups is 1. The van der Waals surface area contributed by atoms with Crippen LogP contribution in [0.4, 0.5) is 0 Å². The largest absolute Gasteiger partial charge is 0.459 e. The third-order valence-electron chi connectivity index (χ3n) is 4.07. The third-order valence-corrected chi connectivity index (χ3v) is 4.07. The molecule has 0 amide bonds. The molecule has 3 rings (SSSR count). The lowest BCUT2D eigenvalue weighted by atomic mass is 9.99. The summed E-state index contributed by atoms with van der Waals surface area (Å²) in [6.07, 6.45) is -3.62. The molecule has 2 saturated heterocycles. The van der Waals surface area contributed by atoms with Crippen LogP contribution in [-0.2, 0) is 23.7 Å². The van der Waals surface area contributed by atoms with Crippen molar-refractivity contribution in [2.24, 2.45) is 0 Å². The summed E-state index contributed by atoms with van der Waals surface area (Å²) >= 11 is 0. The number of carbonyl (C=O) groups excluding carboxylic acids is 1. The number of hydrogen-bond acceptors (Lipinski definition) is 7. The minimum atomic E-state index is -0.983. The van der Waals surface area contributed by atoms with E-state index in [1.807, 2.05) is 6.07 Å². The van der Waals surface area contributed by atoms with Gasteiger partial charge in [0.1, 0.15) is 31.0 Å². The Morgan fingerprint density at radius 3 is 2.54 bits per heavy atom. The molecule has 2 aliphatic heterocycles. The quantitative estimate of drug-likeness (QED) is 0.823. The topological polar surface area (TPSA) is 83.5 Å². The van der Waals surface area contributed by atoms with Crippen molar-refractivity contribution in [3.05, 3.63) is 35.9 Å². The van der Waals surface area contributed by atoms with Crippen molar-refractivity contribution in [2.75, 3.05) is 13.7 Å². The van der Waals surface area contributed by atoms with Gasteiger partial charge in [0.05, 0.1) is 5.56 Å². The summed E-state index contributed by atoms with van der Waals surface area (Å²) in [5.74, 6) is -1.31. The second kappa shape index (κ2) is 6.78. The molecule has 24 heavy (non-hydrogen) atoms. The Balaban J connectivity index is 1.68. The third kappa shape index (κ3) is 3.45. The van der Waals surface area contributed by atoms with E-state index in [9.17, 15) is 9.90 Å². The molecule has 0 spiro atoms. The zero-order chi connectivity index (χ0) is 17.3. The summed E-state index contributed by atoms with van der Waals surface area (Å²) in [6.45, 7) is 3.49. The average molecular weight is 338 g/mol. The molecular formula is C17H22O7. The Morgan fingerprint density at radius 1 is 1.21 bits per heavy atom. The lowest BCUT2D eigenvalue weighted by Gasteiger charge is -2.38. The van der Waals surface area contributed by atoms with Crippen molar-refractivity contribution in [1.29, 1.82) is 0 Å². The van der Waals surface area contributed by atoms with Gasteiger partial charge in [-0.2, -0.15) is 0 Å². The molecular weight excluding hydrogens is 316 g/mol. The minimum absolute atomic E-state index is 0.0269. The first-order valence-electron chi connectivity index (χ1n) is 7.85. The second-order valence-corrected chi connectivity index (χ2v) is 6.30. The first-order chi connectivity index (χ1) is 11.4. The van der Waals surface area contributed by atoms with Crippen LogP contribution in [0.1, 0.15) is 24.2 Å². The molecule has 0 bridgehead atoms. The van der Waals surface area contributed by atoms with Gasteiger partial charge in [-0.15, -0.1) is 0 Å². The zero-order valence-electron chi connectivity index (χ0n) is 13.9. The van der Waals surface area contributed by atoms with Gasteiger partial charge in [-0.05, 0) is 26.0 Å². The fourth-order valence-electron chi connectivity index (χ4n) is 3.00. The van der Waals surface area contributed by atoms with Gasteiger partial charge in [0, 0.05) is 7.11 Å². The Kier molecular flexibility index (Phi) is 4.89. The Morgan fingerprint density at radius 2 is 1.88 bits per heavy atom. The standard InChI is InChI=1S/C17H22O7/c1-17(2)23-13-11(22-16(20-3)12(18)14(13)24-17)9-21-15(19)10-7-5-4-6-8-10/h4-8,11-14,16,18H,9H2,1-3H3/t11-,12-,13-,14+,16+/m1/s1. The number of ether oxygens (including phenoxy) is 5. The summed E-state index contributed by atoms with van der Waals surface area (Å²) in [7, 11) is 1.43. The lowest BCUT2D eigenvalue weighted by Crippen LogP contribution is -2.58. The van der Waals surface area contributed by atoms with Crippen LogP contribution >= 0.6 is 0 Å². The van der Waals surface area contributed by atoms with E-state index in [2.05, 4.69) is 0 Å². The van der Waals surface area contributed by atoms with E-state index in [1.165, 1.54) is 7.11 Å². The number of fused-ring (bicyclic) bond motifs is 1. The molecule has 0 radical (unpaired) electrons. The maximum absolute atomic E-state index is 12.1. The van der Waals surface area contributed by atoms with E-state index in [-0.39, 0.29) is 6.61 Å². The smallest absolute Gasteiger partial charge is 0.338 e. The van der Waals surface area contributed by atoms with E-state index < -0.39 is 42.5 Å². The van der Waals surface area contributed by atoms with Gasteiger partial charge in [0.2, 0.25) is 0 Å². The van der Waals surface area contributed by atoms with Crippen molar-refractivity contribution in [1.82, 2.24) is 0 Å². The molecule has 7 heteroatoms. The highest BCUT2D eigenvalue weighted by molar-refractivity contribution is 5.89. The Bertz CT molecular complexity index is 574. The van der Waals surface area contributed by atoms with Crippen LogP contribution in [0.3, 0.4) is 0 Å². The molecule has 5 atom stereocenters. The fourth-order valence-corrected chi connectivity index (χ4v) is 3.00. The highest BCUT2D eigenvalue weighted by Crippen LogP contribution is 2.37. The molecule has 2 fully saturated rings. The van der Waals surface area contributed by atoms with Crippen molar-refractivity contribution >= 4 is 5.97 Å². The first kappa shape index (κ1) is 17.3. The van der Waals surface area contributed by atoms with E-state index in [0.29, 0.717) is 5.56 Å². The molecule has 132 valence electrons. The van der Waals surface area contributed by atoms with Gasteiger partial charge in [-0.3, -0.25) is 0 Å². The van der Waals surface area contributed by atoms with Gasteiger partial charge >= 0.3 is 5.97 Å². The predicted octanol–water partition coefficient (Wildman–Crippen LogP) is 1.10. The summed E-state index contributed by atoms with van der Waals surface area (Å²) < 4.78 is 27.7. The molecule has 1 aromatic rings. The van der Waals surface area contributed by atoms with Gasteiger partial charge in [-0.25, -0.2) is 4.79 Å². The Labute approximate surface area is 140 Å². The molecule has 1 N–H and O–H groups in total. The van der Waals surface area contributed by atoms with Crippen molar-refractivity contribution < 1.29 is 33.6 Å². The van der Waals surface area contributed by atoms with Crippen LogP contribution < -0.4 is 0 Å². The molecule has 0 aromatic heterocycles. The number of aliphatic hydroxyl groups is 1. The van der Waals surface area contributed by atoms with Crippen molar-refractivity contribution in [3.63, 3.8) is 0 Å². The normalized spacial score (nSPS) is 34.6. The molecule has 0 aliphatic carbocycles. The number of esters is 1. The van der Waals surface area contributed by atoms with Crippen LogP contribution in [0.15, 0.2) is 30.3 Å². The molecule has 7 nitrogen and oxygen atoms in total.